The van der Waals surface area contributed by atoms with Crippen molar-refractivity contribution < 1.29 is 19.4 Å². The zero-order valence-electron chi connectivity index (χ0n) is 32.4. The Morgan fingerprint density at radius 2 is 1.20 bits per heavy atom. The second kappa shape index (κ2) is 18.8. The van der Waals surface area contributed by atoms with Crippen molar-refractivity contribution in [1.82, 2.24) is 0 Å². The summed E-state index contributed by atoms with van der Waals surface area (Å²) in [6.07, 6.45) is 5.53. The molecule has 8 heteroatoms. The van der Waals surface area contributed by atoms with Gasteiger partial charge in [-0.1, -0.05) is 75.2 Å². The van der Waals surface area contributed by atoms with Crippen molar-refractivity contribution in [3.8, 4) is 50.3 Å². The number of hydrogen-bond acceptors (Lipinski definition) is 7. The molecule has 0 bridgehead atoms. The van der Waals surface area contributed by atoms with Gasteiger partial charge >= 0.3 is 5.97 Å². The molecule has 0 aliphatic carbocycles. The van der Waals surface area contributed by atoms with E-state index in [-0.39, 0.29) is 5.57 Å². The Kier molecular flexibility index (Phi) is 13.3. The van der Waals surface area contributed by atoms with Crippen molar-refractivity contribution in [2.45, 2.75) is 39.5 Å². The van der Waals surface area contributed by atoms with Crippen LogP contribution in [-0.4, -0.2) is 38.4 Å². The van der Waals surface area contributed by atoms with Crippen LogP contribution in [0, 0.1) is 11.3 Å². The molecule has 0 radical (unpaired) electrons. The van der Waals surface area contributed by atoms with Crippen molar-refractivity contribution in [2.24, 2.45) is 0 Å². The lowest BCUT2D eigenvalue weighted by atomic mass is 10.0. The lowest BCUT2D eigenvalue weighted by molar-refractivity contribution is -0.132. The van der Waals surface area contributed by atoms with Crippen LogP contribution in [0.25, 0.3) is 38.8 Å². The molecule has 0 amide bonds. The monoisotopic (exact) mass is 761 g/mol. The van der Waals surface area contributed by atoms with E-state index in [1.165, 1.54) is 17.4 Å². The highest BCUT2D eigenvalue weighted by molar-refractivity contribution is 7.16. The van der Waals surface area contributed by atoms with Gasteiger partial charge in [-0.3, -0.25) is 0 Å². The number of carboxylic acid groups (broad SMARTS) is 1. The number of hydrogen-bond donors (Lipinski definition) is 1. The molecule has 6 rings (SSSR count). The van der Waals surface area contributed by atoms with Crippen molar-refractivity contribution >= 4 is 46.1 Å². The van der Waals surface area contributed by atoms with Crippen LogP contribution in [0.3, 0.4) is 0 Å². The number of anilines is 4. The number of benzene rings is 5. The SMILES string of the molecule is CCCCOc1ccc(-c2ccc(N(c3ccc(-c4ccc(N(C)C)cc4)cc3)c3ccc(-c4ccc(/C=C(/C#N)C(=O)O)s4)cc3)cc2)c(OCCCC)c1. The van der Waals surface area contributed by atoms with Gasteiger partial charge in [0.25, 0.3) is 0 Å². The maximum Gasteiger partial charge on any atom is 0.346 e. The normalized spacial score (nSPS) is 11.2. The predicted molar refractivity (Wildman–Crippen MR) is 232 cm³/mol. The number of ether oxygens (including phenoxy) is 2. The molecule has 1 heterocycles. The Hall–Kier alpha value is -6.30. The molecule has 0 fully saturated rings. The first kappa shape index (κ1) is 39.4. The number of nitriles is 1. The van der Waals surface area contributed by atoms with E-state index in [2.05, 4.69) is 127 Å². The molecule has 0 atom stereocenters. The van der Waals surface area contributed by atoms with Crippen molar-refractivity contribution in [1.29, 1.82) is 5.26 Å². The molecule has 6 aromatic rings. The van der Waals surface area contributed by atoms with E-state index >= 15 is 0 Å². The fraction of sp³-hybridized carbons (Fsp3) is 0.208. The smallest absolute Gasteiger partial charge is 0.346 e. The van der Waals surface area contributed by atoms with Gasteiger partial charge in [0.2, 0.25) is 0 Å². The van der Waals surface area contributed by atoms with Crippen LogP contribution >= 0.6 is 11.3 Å². The van der Waals surface area contributed by atoms with Crippen molar-refractivity contribution in [3.05, 3.63) is 138 Å². The molecule has 56 heavy (non-hydrogen) atoms. The zero-order valence-corrected chi connectivity index (χ0v) is 33.2. The van der Waals surface area contributed by atoms with Gasteiger partial charge in [-0.05, 0) is 114 Å². The average Bonchev–Trinajstić information content (AvgIpc) is 3.70. The average molecular weight is 762 g/mol. The lowest BCUT2D eigenvalue weighted by Crippen LogP contribution is -2.10. The Morgan fingerprint density at radius 3 is 1.71 bits per heavy atom. The van der Waals surface area contributed by atoms with Crippen LogP contribution in [0.4, 0.5) is 22.7 Å². The first-order valence-corrected chi connectivity index (χ1v) is 19.8. The quantitative estimate of drug-likeness (QED) is 0.0562. The molecule has 7 nitrogen and oxygen atoms in total. The van der Waals surface area contributed by atoms with Gasteiger partial charge in [0.05, 0.1) is 13.2 Å². The highest BCUT2D eigenvalue weighted by atomic mass is 32.1. The van der Waals surface area contributed by atoms with Gasteiger partial charge in [-0.25, -0.2) is 4.79 Å². The summed E-state index contributed by atoms with van der Waals surface area (Å²) >= 11 is 1.44. The van der Waals surface area contributed by atoms with E-state index in [4.69, 9.17) is 9.47 Å². The summed E-state index contributed by atoms with van der Waals surface area (Å²) in [5.41, 5.74) is 9.21. The van der Waals surface area contributed by atoms with Crippen LogP contribution in [-0.2, 0) is 4.79 Å². The molecular formula is C48H47N3O4S. The number of thiophene rings is 1. The summed E-state index contributed by atoms with van der Waals surface area (Å²) in [7, 11) is 4.08. The maximum atomic E-state index is 11.4. The van der Waals surface area contributed by atoms with E-state index in [0.717, 1.165) is 92.6 Å². The Bertz CT molecular complexity index is 2290. The van der Waals surface area contributed by atoms with Crippen LogP contribution in [0.1, 0.15) is 44.4 Å². The molecule has 1 N–H and O–H groups in total. The van der Waals surface area contributed by atoms with E-state index in [9.17, 15) is 15.2 Å². The van der Waals surface area contributed by atoms with Crippen LogP contribution in [0.2, 0.25) is 0 Å². The van der Waals surface area contributed by atoms with Crippen molar-refractivity contribution in [2.75, 3.05) is 37.1 Å². The summed E-state index contributed by atoms with van der Waals surface area (Å²) in [5.74, 6) is 0.404. The molecule has 284 valence electrons. The molecule has 0 unspecified atom stereocenters. The highest BCUT2D eigenvalue weighted by Crippen LogP contribution is 2.40. The number of aliphatic carboxylic acids is 1. The van der Waals surface area contributed by atoms with Gasteiger partial charge < -0.3 is 24.4 Å². The van der Waals surface area contributed by atoms with Gasteiger partial charge in [-0.2, -0.15) is 5.26 Å². The number of unbranched alkanes of at least 4 members (excludes halogenated alkanes) is 2. The van der Waals surface area contributed by atoms with Crippen LogP contribution < -0.4 is 19.3 Å². The third-order valence-electron chi connectivity index (χ3n) is 9.43. The van der Waals surface area contributed by atoms with E-state index < -0.39 is 5.97 Å². The molecule has 5 aromatic carbocycles. The molecular weight excluding hydrogens is 715 g/mol. The fourth-order valence-corrected chi connectivity index (χ4v) is 7.20. The maximum absolute atomic E-state index is 11.4. The second-order valence-electron chi connectivity index (χ2n) is 13.7. The standard InChI is InChI=1S/C48H47N3O4S/c1-5-7-29-54-43-25-27-45(46(32-43)55-30-8-6-2)36-13-21-41(22-14-36)51(40-19-11-35(12-20-40)34-9-17-39(18-10-34)50(3)4)42-23-15-37(16-24-42)47-28-26-44(56-47)31-38(33-49)48(52)53/h9-28,31-32H,5-8,29-30H2,1-4H3,(H,52,53)/b38-31-. The Balaban J connectivity index is 1.34. The van der Waals surface area contributed by atoms with Gasteiger partial charge in [0, 0.05) is 58.2 Å². The summed E-state index contributed by atoms with van der Waals surface area (Å²) < 4.78 is 12.3. The zero-order chi connectivity index (χ0) is 39.4. The summed E-state index contributed by atoms with van der Waals surface area (Å²) in [5, 5.41) is 18.5. The van der Waals surface area contributed by atoms with E-state index in [0.29, 0.717) is 18.1 Å². The third kappa shape index (κ3) is 9.67. The minimum absolute atomic E-state index is 0.291. The first-order chi connectivity index (χ1) is 27.3. The molecule has 0 saturated heterocycles. The molecule has 0 aliphatic heterocycles. The fourth-order valence-electron chi connectivity index (χ4n) is 6.25. The number of rotatable bonds is 17. The third-order valence-corrected chi connectivity index (χ3v) is 10.5. The summed E-state index contributed by atoms with van der Waals surface area (Å²) in [6.45, 7) is 5.65. The minimum Gasteiger partial charge on any atom is -0.493 e. The van der Waals surface area contributed by atoms with Gasteiger partial charge in [0.1, 0.15) is 23.1 Å². The number of carbonyl (C=O) groups is 1. The molecule has 0 saturated carbocycles. The molecule has 1 aromatic heterocycles. The minimum atomic E-state index is -1.23. The first-order valence-electron chi connectivity index (χ1n) is 19.0. The molecule has 0 spiro atoms. The number of nitrogens with zero attached hydrogens (tertiary/aromatic N) is 3. The molecule has 0 aliphatic rings. The highest BCUT2D eigenvalue weighted by Gasteiger charge is 2.16. The summed E-state index contributed by atoms with van der Waals surface area (Å²) in [6, 6.07) is 45.8. The van der Waals surface area contributed by atoms with Crippen LogP contribution in [0.15, 0.2) is 133 Å². The second-order valence-corrected chi connectivity index (χ2v) is 14.8. The van der Waals surface area contributed by atoms with Gasteiger partial charge in [-0.15, -0.1) is 11.3 Å². The summed E-state index contributed by atoms with van der Waals surface area (Å²) in [4.78, 5) is 17.4. The largest absolute Gasteiger partial charge is 0.493 e. The van der Waals surface area contributed by atoms with E-state index in [1.807, 2.05) is 38.4 Å². The Labute approximate surface area is 334 Å². The number of carboxylic acids is 1. The predicted octanol–water partition coefficient (Wildman–Crippen LogP) is 12.6. The lowest BCUT2D eigenvalue weighted by Gasteiger charge is -2.26. The topological polar surface area (TPSA) is 86.0 Å². The van der Waals surface area contributed by atoms with E-state index in [1.54, 1.807) is 6.07 Å². The van der Waals surface area contributed by atoms with Crippen LogP contribution in [0.5, 0.6) is 11.5 Å². The Morgan fingerprint density at radius 1 is 0.679 bits per heavy atom. The van der Waals surface area contributed by atoms with Gasteiger partial charge in [0.15, 0.2) is 0 Å². The van der Waals surface area contributed by atoms with Crippen molar-refractivity contribution in [3.63, 3.8) is 0 Å².